The van der Waals surface area contributed by atoms with Gasteiger partial charge >= 0.3 is 0 Å². The summed E-state index contributed by atoms with van der Waals surface area (Å²) in [6.07, 6.45) is 3.23. The first-order chi connectivity index (χ1) is 7.70. The van der Waals surface area contributed by atoms with E-state index in [1.54, 1.807) is 6.92 Å². The van der Waals surface area contributed by atoms with Gasteiger partial charge in [0.25, 0.3) is 0 Å². The summed E-state index contributed by atoms with van der Waals surface area (Å²) in [4.78, 5) is 26.4. The predicted octanol–water partition coefficient (Wildman–Crippen LogP) is 0.0312. The lowest BCUT2D eigenvalue weighted by atomic mass is 10.3. The Bertz CT molecular complexity index is 231. The van der Waals surface area contributed by atoms with Gasteiger partial charge < -0.3 is 5.32 Å². The number of carbonyl (C=O) groups excluding carboxylic acids is 2. The molecular weight excluding hydrogens is 210 g/mol. The van der Waals surface area contributed by atoms with Crippen molar-refractivity contribution in [3.8, 4) is 0 Å². The SMILES string of the molecule is C=CC(=O)NCCCCONNC(=O)CC. The van der Waals surface area contributed by atoms with E-state index >= 15 is 0 Å². The zero-order chi connectivity index (χ0) is 12.2. The standard InChI is InChI=1S/C10H19N3O3/c1-3-9(14)11-7-5-6-8-16-13-12-10(15)4-2/h3,13H,1,4-8H2,2H3,(H,11,14)(H,12,15). The van der Waals surface area contributed by atoms with Crippen molar-refractivity contribution in [2.45, 2.75) is 26.2 Å². The van der Waals surface area contributed by atoms with E-state index in [4.69, 9.17) is 4.84 Å². The normalized spacial score (nSPS) is 9.56. The summed E-state index contributed by atoms with van der Waals surface area (Å²) in [6.45, 7) is 6.15. The monoisotopic (exact) mass is 229 g/mol. The van der Waals surface area contributed by atoms with Gasteiger partial charge in [0.15, 0.2) is 0 Å². The molecule has 0 aromatic carbocycles. The summed E-state index contributed by atoms with van der Waals surface area (Å²) in [7, 11) is 0. The molecule has 0 aliphatic carbocycles. The van der Waals surface area contributed by atoms with Crippen LogP contribution in [0.4, 0.5) is 0 Å². The fourth-order valence-electron chi connectivity index (χ4n) is 0.815. The quantitative estimate of drug-likeness (QED) is 0.296. The molecule has 6 heteroatoms. The van der Waals surface area contributed by atoms with Crippen LogP contribution in [0.25, 0.3) is 0 Å². The van der Waals surface area contributed by atoms with Crippen LogP contribution in [0.1, 0.15) is 26.2 Å². The highest BCUT2D eigenvalue weighted by Gasteiger charge is 1.95. The maximum atomic E-state index is 10.7. The number of unbranched alkanes of at least 4 members (excludes halogenated alkanes) is 1. The van der Waals surface area contributed by atoms with Crippen LogP contribution < -0.4 is 16.3 Å². The second-order valence-corrected chi connectivity index (χ2v) is 3.05. The molecule has 0 unspecified atom stereocenters. The third-order valence-corrected chi connectivity index (χ3v) is 1.74. The lowest BCUT2D eigenvalue weighted by Gasteiger charge is -2.06. The van der Waals surface area contributed by atoms with Crippen molar-refractivity contribution in [3.05, 3.63) is 12.7 Å². The number of hydrogen-bond acceptors (Lipinski definition) is 4. The smallest absolute Gasteiger partial charge is 0.243 e. The molecule has 0 spiro atoms. The maximum Gasteiger partial charge on any atom is 0.243 e. The average Bonchev–Trinajstić information content (AvgIpc) is 2.31. The summed E-state index contributed by atoms with van der Waals surface area (Å²) < 4.78 is 0. The molecule has 0 saturated carbocycles. The van der Waals surface area contributed by atoms with Gasteiger partial charge in [0, 0.05) is 13.0 Å². The van der Waals surface area contributed by atoms with Crippen LogP contribution in [0.3, 0.4) is 0 Å². The molecule has 0 bridgehead atoms. The van der Waals surface area contributed by atoms with E-state index in [2.05, 4.69) is 22.9 Å². The van der Waals surface area contributed by atoms with Crippen molar-refractivity contribution < 1.29 is 14.4 Å². The summed E-state index contributed by atoms with van der Waals surface area (Å²) in [5.41, 5.74) is 4.70. The van der Waals surface area contributed by atoms with Gasteiger partial charge in [0.2, 0.25) is 11.8 Å². The van der Waals surface area contributed by atoms with Crippen LogP contribution >= 0.6 is 0 Å². The van der Waals surface area contributed by atoms with Crippen molar-refractivity contribution in [2.24, 2.45) is 0 Å². The Morgan fingerprint density at radius 1 is 1.38 bits per heavy atom. The Morgan fingerprint density at radius 2 is 2.12 bits per heavy atom. The third kappa shape index (κ3) is 9.17. The van der Waals surface area contributed by atoms with Crippen molar-refractivity contribution >= 4 is 11.8 Å². The van der Waals surface area contributed by atoms with Crippen LogP contribution in [-0.2, 0) is 14.4 Å². The molecular formula is C10H19N3O3. The van der Waals surface area contributed by atoms with Crippen molar-refractivity contribution in [1.82, 2.24) is 16.3 Å². The second-order valence-electron chi connectivity index (χ2n) is 3.05. The van der Waals surface area contributed by atoms with Crippen molar-refractivity contribution in [3.63, 3.8) is 0 Å². The highest BCUT2D eigenvalue weighted by Crippen LogP contribution is 1.86. The van der Waals surface area contributed by atoms with E-state index in [9.17, 15) is 9.59 Å². The van der Waals surface area contributed by atoms with Crippen molar-refractivity contribution in [2.75, 3.05) is 13.2 Å². The Morgan fingerprint density at radius 3 is 2.75 bits per heavy atom. The Hall–Kier alpha value is -1.40. The first kappa shape index (κ1) is 14.6. The molecule has 16 heavy (non-hydrogen) atoms. The predicted molar refractivity (Wildman–Crippen MR) is 60.0 cm³/mol. The zero-order valence-electron chi connectivity index (χ0n) is 9.54. The molecule has 0 heterocycles. The van der Waals surface area contributed by atoms with E-state index < -0.39 is 0 Å². The van der Waals surface area contributed by atoms with Gasteiger partial charge in [-0.15, -0.1) is 5.59 Å². The topological polar surface area (TPSA) is 79.5 Å². The highest BCUT2D eigenvalue weighted by molar-refractivity contribution is 5.86. The van der Waals surface area contributed by atoms with Gasteiger partial charge in [-0.2, -0.15) is 0 Å². The van der Waals surface area contributed by atoms with Gasteiger partial charge in [-0.3, -0.25) is 19.9 Å². The van der Waals surface area contributed by atoms with Crippen LogP contribution in [0, 0.1) is 0 Å². The first-order valence-corrected chi connectivity index (χ1v) is 5.26. The number of rotatable bonds is 9. The zero-order valence-corrected chi connectivity index (χ0v) is 9.54. The van der Waals surface area contributed by atoms with Crippen LogP contribution in [0.2, 0.25) is 0 Å². The van der Waals surface area contributed by atoms with E-state index in [0.29, 0.717) is 19.6 Å². The van der Waals surface area contributed by atoms with Gasteiger partial charge in [-0.1, -0.05) is 13.5 Å². The molecule has 2 amide bonds. The largest absolute Gasteiger partial charge is 0.353 e. The van der Waals surface area contributed by atoms with Gasteiger partial charge in [-0.25, -0.2) is 0 Å². The molecule has 0 saturated heterocycles. The van der Waals surface area contributed by atoms with Gasteiger partial charge in [0.1, 0.15) is 0 Å². The number of hydrazine groups is 1. The van der Waals surface area contributed by atoms with Crippen molar-refractivity contribution in [1.29, 1.82) is 0 Å². The minimum absolute atomic E-state index is 0.127. The molecule has 3 N–H and O–H groups in total. The van der Waals surface area contributed by atoms with Crippen LogP contribution in [0.15, 0.2) is 12.7 Å². The summed E-state index contributed by atoms with van der Waals surface area (Å²) in [5, 5.41) is 2.65. The number of hydrogen-bond donors (Lipinski definition) is 3. The van der Waals surface area contributed by atoms with Crippen LogP contribution in [-0.4, -0.2) is 25.0 Å². The number of amides is 2. The first-order valence-electron chi connectivity index (χ1n) is 5.26. The lowest BCUT2D eigenvalue weighted by molar-refractivity contribution is -0.126. The van der Waals surface area contributed by atoms with Gasteiger partial charge in [0.05, 0.1) is 6.61 Å². The molecule has 0 radical (unpaired) electrons. The fourth-order valence-corrected chi connectivity index (χ4v) is 0.815. The molecule has 0 aromatic rings. The van der Waals surface area contributed by atoms with E-state index in [1.165, 1.54) is 6.08 Å². The molecule has 0 atom stereocenters. The molecule has 0 aliphatic rings. The van der Waals surface area contributed by atoms with E-state index in [-0.39, 0.29) is 11.8 Å². The van der Waals surface area contributed by atoms with Gasteiger partial charge in [-0.05, 0) is 18.9 Å². The Balaban J connectivity index is 3.13. The molecule has 0 aliphatic heterocycles. The minimum Gasteiger partial charge on any atom is -0.353 e. The number of nitrogens with one attached hydrogen (secondary N) is 3. The molecule has 0 fully saturated rings. The average molecular weight is 229 g/mol. The molecule has 0 aromatic heterocycles. The molecule has 0 rings (SSSR count). The van der Waals surface area contributed by atoms with E-state index in [1.807, 2.05) is 0 Å². The van der Waals surface area contributed by atoms with E-state index in [0.717, 1.165) is 12.8 Å². The highest BCUT2D eigenvalue weighted by atomic mass is 16.7. The molecule has 6 nitrogen and oxygen atoms in total. The second kappa shape index (κ2) is 10.1. The molecule has 92 valence electrons. The maximum absolute atomic E-state index is 10.7. The number of carbonyl (C=O) groups is 2. The summed E-state index contributed by atoms with van der Waals surface area (Å²) in [6, 6.07) is 0. The minimum atomic E-state index is -0.172. The fraction of sp³-hybridized carbons (Fsp3) is 0.600. The summed E-state index contributed by atoms with van der Waals surface area (Å²) >= 11 is 0. The third-order valence-electron chi connectivity index (χ3n) is 1.74. The van der Waals surface area contributed by atoms with Crippen LogP contribution in [0.5, 0.6) is 0 Å². The Kier molecular flexibility index (Phi) is 9.24. The Labute approximate surface area is 95.3 Å². The summed E-state index contributed by atoms with van der Waals surface area (Å²) in [5.74, 6) is -0.299. The lowest BCUT2D eigenvalue weighted by Crippen LogP contribution is -2.37.